The van der Waals surface area contributed by atoms with Crippen molar-refractivity contribution in [3.8, 4) is 5.75 Å². The van der Waals surface area contributed by atoms with Crippen molar-refractivity contribution in [1.29, 1.82) is 0 Å². The van der Waals surface area contributed by atoms with E-state index >= 15 is 0 Å². The fourth-order valence-corrected chi connectivity index (χ4v) is 2.17. The standard InChI is InChI=1S/C19H20F3NO3/c1-23(13-15-7-9-16(10-8-15)19(20,21)22)18(24)14-25-11-12-26-17-5-3-2-4-6-17/h2-10H,11-14H2,1H3. The molecule has 26 heavy (non-hydrogen) atoms. The fraction of sp³-hybridized carbons (Fsp3) is 0.316. The lowest BCUT2D eigenvalue weighted by Crippen LogP contribution is -2.30. The minimum absolute atomic E-state index is 0.116. The number of likely N-dealkylation sites (N-methyl/N-ethyl adjacent to an activating group) is 1. The van der Waals surface area contributed by atoms with Crippen LogP contribution in [-0.2, 0) is 22.3 Å². The number of halogens is 3. The van der Waals surface area contributed by atoms with E-state index in [4.69, 9.17) is 9.47 Å². The predicted molar refractivity (Wildman–Crippen MR) is 90.7 cm³/mol. The van der Waals surface area contributed by atoms with Crippen LogP contribution in [0.1, 0.15) is 11.1 Å². The molecule has 0 aliphatic heterocycles. The van der Waals surface area contributed by atoms with Gasteiger partial charge in [-0.05, 0) is 29.8 Å². The highest BCUT2D eigenvalue weighted by molar-refractivity contribution is 5.77. The molecular weight excluding hydrogens is 347 g/mol. The summed E-state index contributed by atoms with van der Waals surface area (Å²) in [4.78, 5) is 13.4. The van der Waals surface area contributed by atoms with E-state index in [9.17, 15) is 18.0 Å². The molecule has 140 valence electrons. The molecule has 0 aliphatic rings. The van der Waals surface area contributed by atoms with Crippen LogP contribution in [0.2, 0.25) is 0 Å². The molecular formula is C19H20F3NO3. The predicted octanol–water partition coefficient (Wildman–Crippen LogP) is 3.76. The van der Waals surface area contributed by atoms with Crippen LogP contribution in [0.5, 0.6) is 5.75 Å². The van der Waals surface area contributed by atoms with Crippen LogP contribution in [0, 0.1) is 0 Å². The summed E-state index contributed by atoms with van der Waals surface area (Å²) in [6.07, 6.45) is -4.37. The third-order valence-electron chi connectivity index (χ3n) is 3.59. The Morgan fingerprint density at radius 1 is 1.00 bits per heavy atom. The van der Waals surface area contributed by atoms with Crippen molar-refractivity contribution in [3.63, 3.8) is 0 Å². The zero-order chi connectivity index (χ0) is 19.0. The third-order valence-corrected chi connectivity index (χ3v) is 3.59. The number of alkyl halides is 3. The number of nitrogens with zero attached hydrogens (tertiary/aromatic N) is 1. The highest BCUT2D eigenvalue weighted by Gasteiger charge is 2.29. The Morgan fingerprint density at radius 3 is 2.27 bits per heavy atom. The second-order valence-electron chi connectivity index (χ2n) is 5.66. The van der Waals surface area contributed by atoms with E-state index in [1.807, 2.05) is 30.3 Å². The molecule has 2 rings (SSSR count). The van der Waals surface area contributed by atoms with Crippen molar-refractivity contribution in [3.05, 3.63) is 65.7 Å². The molecule has 0 radical (unpaired) electrons. The zero-order valence-electron chi connectivity index (χ0n) is 14.3. The van der Waals surface area contributed by atoms with Crippen molar-refractivity contribution in [2.24, 2.45) is 0 Å². The van der Waals surface area contributed by atoms with Crippen molar-refractivity contribution >= 4 is 5.91 Å². The summed E-state index contributed by atoms with van der Waals surface area (Å²) >= 11 is 0. The largest absolute Gasteiger partial charge is 0.491 e. The first-order valence-electron chi connectivity index (χ1n) is 8.02. The molecule has 1 amide bonds. The van der Waals surface area contributed by atoms with Crippen molar-refractivity contribution < 1.29 is 27.4 Å². The van der Waals surface area contributed by atoms with Gasteiger partial charge in [0.15, 0.2) is 0 Å². The van der Waals surface area contributed by atoms with E-state index in [2.05, 4.69) is 0 Å². The summed E-state index contributed by atoms with van der Waals surface area (Å²) in [6.45, 7) is 0.671. The molecule has 0 fully saturated rings. The summed E-state index contributed by atoms with van der Waals surface area (Å²) in [5.41, 5.74) is -0.0989. The first-order chi connectivity index (χ1) is 12.4. The minimum atomic E-state index is -4.37. The maximum absolute atomic E-state index is 12.5. The van der Waals surface area contributed by atoms with Crippen LogP contribution in [0.15, 0.2) is 54.6 Å². The van der Waals surface area contributed by atoms with Crippen LogP contribution in [0.3, 0.4) is 0 Å². The van der Waals surface area contributed by atoms with Crippen LogP contribution in [-0.4, -0.2) is 37.7 Å². The molecule has 0 heterocycles. The molecule has 0 N–H and O–H groups in total. The summed E-state index contributed by atoms with van der Waals surface area (Å²) in [6, 6.07) is 14.0. The van der Waals surface area contributed by atoms with E-state index in [1.54, 1.807) is 7.05 Å². The Balaban J connectivity index is 1.68. The SMILES string of the molecule is CN(Cc1ccc(C(F)(F)F)cc1)C(=O)COCCOc1ccccc1. The minimum Gasteiger partial charge on any atom is -0.491 e. The topological polar surface area (TPSA) is 38.8 Å². The molecule has 0 saturated carbocycles. The molecule has 0 aliphatic carbocycles. The van der Waals surface area contributed by atoms with Crippen molar-refractivity contribution in [1.82, 2.24) is 4.90 Å². The lowest BCUT2D eigenvalue weighted by Gasteiger charge is -2.18. The van der Waals surface area contributed by atoms with E-state index in [0.717, 1.165) is 17.9 Å². The Labute approximate surface area is 150 Å². The van der Waals surface area contributed by atoms with E-state index in [-0.39, 0.29) is 25.7 Å². The van der Waals surface area contributed by atoms with Gasteiger partial charge in [-0.25, -0.2) is 0 Å². The van der Waals surface area contributed by atoms with Gasteiger partial charge in [-0.3, -0.25) is 4.79 Å². The second kappa shape index (κ2) is 9.24. The Kier molecular flexibility index (Phi) is 7.03. The first kappa shape index (κ1) is 19.8. The van der Waals surface area contributed by atoms with Crippen LogP contribution < -0.4 is 4.74 Å². The molecule has 0 unspecified atom stereocenters. The zero-order valence-corrected chi connectivity index (χ0v) is 14.3. The highest BCUT2D eigenvalue weighted by Crippen LogP contribution is 2.29. The number of benzene rings is 2. The molecule has 0 spiro atoms. The summed E-state index contributed by atoms with van der Waals surface area (Å²) in [5, 5.41) is 0. The van der Waals surface area contributed by atoms with Gasteiger partial charge in [-0.2, -0.15) is 13.2 Å². The maximum atomic E-state index is 12.5. The second-order valence-corrected chi connectivity index (χ2v) is 5.66. The maximum Gasteiger partial charge on any atom is 0.416 e. The van der Waals surface area contributed by atoms with Gasteiger partial charge in [0.2, 0.25) is 5.91 Å². The van der Waals surface area contributed by atoms with Crippen LogP contribution >= 0.6 is 0 Å². The van der Waals surface area contributed by atoms with Crippen LogP contribution in [0.4, 0.5) is 13.2 Å². The number of rotatable bonds is 8. The van der Waals surface area contributed by atoms with E-state index in [0.29, 0.717) is 12.2 Å². The number of carbonyl (C=O) groups excluding carboxylic acids is 1. The molecule has 4 nitrogen and oxygen atoms in total. The fourth-order valence-electron chi connectivity index (χ4n) is 2.17. The number of carbonyl (C=O) groups is 1. The van der Waals surface area contributed by atoms with Gasteiger partial charge in [0.05, 0.1) is 12.2 Å². The summed E-state index contributed by atoms with van der Waals surface area (Å²) in [7, 11) is 1.57. The molecule has 0 saturated heterocycles. The number of ether oxygens (including phenoxy) is 2. The van der Waals surface area contributed by atoms with Gasteiger partial charge >= 0.3 is 6.18 Å². The number of hydrogen-bond donors (Lipinski definition) is 0. The van der Waals surface area contributed by atoms with Gasteiger partial charge in [0, 0.05) is 13.6 Å². The van der Waals surface area contributed by atoms with Crippen LogP contribution in [0.25, 0.3) is 0 Å². The number of amides is 1. The lowest BCUT2D eigenvalue weighted by atomic mass is 10.1. The molecule has 7 heteroatoms. The monoisotopic (exact) mass is 367 g/mol. The molecule has 2 aromatic rings. The summed E-state index contributed by atoms with van der Waals surface area (Å²) in [5.74, 6) is 0.464. The quantitative estimate of drug-likeness (QED) is 0.667. The van der Waals surface area contributed by atoms with Crippen molar-refractivity contribution in [2.45, 2.75) is 12.7 Å². The van der Waals surface area contributed by atoms with Gasteiger partial charge in [0.25, 0.3) is 0 Å². The van der Waals surface area contributed by atoms with E-state index < -0.39 is 11.7 Å². The Hall–Kier alpha value is -2.54. The first-order valence-corrected chi connectivity index (χ1v) is 8.02. The number of para-hydroxylation sites is 1. The van der Waals surface area contributed by atoms with Gasteiger partial charge < -0.3 is 14.4 Å². The number of hydrogen-bond acceptors (Lipinski definition) is 3. The molecule has 0 atom stereocenters. The van der Waals surface area contributed by atoms with Gasteiger partial charge in [-0.15, -0.1) is 0 Å². The third kappa shape index (κ3) is 6.40. The smallest absolute Gasteiger partial charge is 0.416 e. The average Bonchev–Trinajstić information content (AvgIpc) is 2.62. The normalized spacial score (nSPS) is 11.2. The van der Waals surface area contributed by atoms with E-state index in [1.165, 1.54) is 17.0 Å². The molecule has 0 bridgehead atoms. The van der Waals surface area contributed by atoms with Gasteiger partial charge in [-0.1, -0.05) is 30.3 Å². The van der Waals surface area contributed by atoms with Gasteiger partial charge in [0.1, 0.15) is 19.0 Å². The molecule has 2 aromatic carbocycles. The highest BCUT2D eigenvalue weighted by atomic mass is 19.4. The lowest BCUT2D eigenvalue weighted by molar-refractivity contribution is -0.138. The average molecular weight is 367 g/mol. The summed E-state index contributed by atoms with van der Waals surface area (Å²) < 4.78 is 48.3. The molecule has 0 aromatic heterocycles. The van der Waals surface area contributed by atoms with Crippen molar-refractivity contribution in [2.75, 3.05) is 26.9 Å². The Morgan fingerprint density at radius 2 is 1.65 bits per heavy atom. The Bertz CT molecular complexity index is 687.